The minimum absolute atomic E-state index is 0.207. The molecule has 1 aromatic carbocycles. The highest BCUT2D eigenvalue weighted by molar-refractivity contribution is 7.99. The molecule has 0 fully saturated rings. The normalized spacial score (nSPS) is 9.55. The second kappa shape index (κ2) is 4.19. The zero-order chi connectivity index (χ0) is 8.10. The molecule has 1 rings (SSSR count). The van der Waals surface area contributed by atoms with Gasteiger partial charge in [-0.05, 0) is 6.26 Å². The molecule has 0 amide bonds. The van der Waals surface area contributed by atoms with E-state index in [4.69, 9.17) is 0 Å². The van der Waals surface area contributed by atoms with Crippen LogP contribution in [-0.2, 0) is 0 Å². The van der Waals surface area contributed by atoms with Gasteiger partial charge >= 0.3 is 0 Å². The van der Waals surface area contributed by atoms with Crippen molar-refractivity contribution in [1.29, 1.82) is 0 Å². The predicted octanol–water partition coefficient (Wildman–Crippen LogP) is 2.23. The van der Waals surface area contributed by atoms with Crippen molar-refractivity contribution < 1.29 is 4.79 Å². The van der Waals surface area contributed by atoms with Gasteiger partial charge in [-0.25, -0.2) is 0 Å². The Hall–Kier alpha value is -0.760. The van der Waals surface area contributed by atoms with Crippen molar-refractivity contribution in [2.45, 2.75) is 0 Å². The van der Waals surface area contributed by atoms with Crippen LogP contribution in [0.3, 0.4) is 0 Å². The molecule has 0 aliphatic carbocycles. The summed E-state index contributed by atoms with van der Waals surface area (Å²) in [5, 5.41) is 0. The maximum absolute atomic E-state index is 11.2. The molecule has 0 unspecified atom stereocenters. The summed E-state index contributed by atoms with van der Waals surface area (Å²) in [6.07, 6.45) is 1.93. The molecule has 58 valence electrons. The summed E-state index contributed by atoms with van der Waals surface area (Å²) in [4.78, 5) is 11.2. The quantitative estimate of drug-likeness (QED) is 0.640. The highest BCUT2D eigenvalue weighted by Crippen LogP contribution is 2.03. The highest BCUT2D eigenvalue weighted by Gasteiger charge is 2.01. The van der Waals surface area contributed by atoms with Gasteiger partial charge in [0.2, 0.25) is 0 Å². The number of ketones is 1. The first-order chi connectivity index (χ1) is 5.34. The standard InChI is InChI=1S/C9H10OS/c1-11-7-9(10)8-5-3-2-4-6-8/h2-6H,7H2,1H3. The van der Waals surface area contributed by atoms with Gasteiger partial charge in [0.25, 0.3) is 0 Å². The van der Waals surface area contributed by atoms with Gasteiger partial charge in [0, 0.05) is 5.56 Å². The number of rotatable bonds is 3. The van der Waals surface area contributed by atoms with Crippen LogP contribution in [0.5, 0.6) is 0 Å². The van der Waals surface area contributed by atoms with Crippen LogP contribution < -0.4 is 0 Å². The topological polar surface area (TPSA) is 17.1 Å². The van der Waals surface area contributed by atoms with Crippen molar-refractivity contribution >= 4 is 17.5 Å². The van der Waals surface area contributed by atoms with E-state index in [-0.39, 0.29) is 5.78 Å². The first kappa shape index (κ1) is 8.34. The minimum Gasteiger partial charge on any atom is -0.293 e. The van der Waals surface area contributed by atoms with Crippen LogP contribution in [-0.4, -0.2) is 17.8 Å². The number of thioether (sulfide) groups is 1. The number of carbonyl (C=O) groups is 1. The molecular formula is C9H10OS. The van der Waals surface area contributed by atoms with Crippen LogP contribution >= 0.6 is 11.8 Å². The molecule has 0 aliphatic heterocycles. The average molecular weight is 166 g/mol. The Morgan fingerprint density at radius 3 is 2.55 bits per heavy atom. The monoisotopic (exact) mass is 166 g/mol. The van der Waals surface area contributed by atoms with E-state index in [1.54, 1.807) is 11.8 Å². The fourth-order valence-electron chi connectivity index (χ4n) is 0.838. The van der Waals surface area contributed by atoms with Gasteiger partial charge in [-0.1, -0.05) is 30.3 Å². The molecule has 11 heavy (non-hydrogen) atoms. The SMILES string of the molecule is CSCC(=O)c1ccccc1. The van der Waals surface area contributed by atoms with E-state index in [0.717, 1.165) is 5.56 Å². The number of hydrogen-bond donors (Lipinski definition) is 0. The van der Waals surface area contributed by atoms with Crippen LogP contribution in [0.25, 0.3) is 0 Å². The van der Waals surface area contributed by atoms with Crippen molar-refractivity contribution in [2.24, 2.45) is 0 Å². The molecule has 1 aromatic rings. The Bertz CT molecular complexity index is 231. The van der Waals surface area contributed by atoms with Crippen LogP contribution in [0.15, 0.2) is 30.3 Å². The minimum atomic E-state index is 0.207. The van der Waals surface area contributed by atoms with Gasteiger partial charge in [-0.2, -0.15) is 11.8 Å². The van der Waals surface area contributed by atoms with Gasteiger partial charge in [-0.15, -0.1) is 0 Å². The lowest BCUT2D eigenvalue weighted by atomic mass is 10.2. The van der Waals surface area contributed by atoms with Crippen LogP contribution in [0.1, 0.15) is 10.4 Å². The van der Waals surface area contributed by atoms with E-state index >= 15 is 0 Å². The molecule has 0 N–H and O–H groups in total. The maximum atomic E-state index is 11.2. The molecule has 2 heteroatoms. The molecule has 0 aliphatic rings. The Morgan fingerprint density at radius 2 is 2.00 bits per heavy atom. The molecular weight excluding hydrogens is 156 g/mol. The lowest BCUT2D eigenvalue weighted by Crippen LogP contribution is -2.00. The third-order valence-corrected chi connectivity index (χ3v) is 1.92. The summed E-state index contributed by atoms with van der Waals surface area (Å²) < 4.78 is 0. The Balaban J connectivity index is 2.69. The lowest BCUT2D eigenvalue weighted by Gasteiger charge is -1.96. The molecule has 0 aromatic heterocycles. The number of carbonyl (C=O) groups excluding carboxylic acids is 1. The second-order valence-corrected chi connectivity index (χ2v) is 3.09. The molecule has 0 saturated heterocycles. The van der Waals surface area contributed by atoms with Gasteiger partial charge in [0.1, 0.15) is 0 Å². The van der Waals surface area contributed by atoms with E-state index in [2.05, 4.69) is 0 Å². The molecule has 0 radical (unpaired) electrons. The van der Waals surface area contributed by atoms with Gasteiger partial charge in [0.05, 0.1) is 5.75 Å². The van der Waals surface area contributed by atoms with Crippen molar-refractivity contribution in [3.8, 4) is 0 Å². The summed E-state index contributed by atoms with van der Waals surface area (Å²) in [7, 11) is 0. The molecule has 0 bridgehead atoms. The molecule has 0 heterocycles. The fraction of sp³-hybridized carbons (Fsp3) is 0.222. The second-order valence-electron chi connectivity index (χ2n) is 2.22. The Labute approximate surface area is 70.8 Å². The van der Waals surface area contributed by atoms with Crippen LogP contribution in [0, 0.1) is 0 Å². The summed E-state index contributed by atoms with van der Waals surface area (Å²) in [5.41, 5.74) is 0.807. The van der Waals surface area contributed by atoms with Crippen molar-refractivity contribution in [2.75, 3.05) is 12.0 Å². The lowest BCUT2D eigenvalue weighted by molar-refractivity contribution is 0.102. The molecule has 0 atom stereocenters. The smallest absolute Gasteiger partial charge is 0.172 e. The summed E-state index contributed by atoms with van der Waals surface area (Å²) >= 11 is 1.56. The van der Waals surface area contributed by atoms with Crippen molar-refractivity contribution in [3.05, 3.63) is 35.9 Å². The van der Waals surface area contributed by atoms with E-state index < -0.39 is 0 Å². The number of Topliss-reactive ketones (excluding diaryl/α,β-unsaturated/α-hetero) is 1. The summed E-state index contributed by atoms with van der Waals surface area (Å²) in [5.74, 6) is 0.780. The van der Waals surface area contributed by atoms with Gasteiger partial charge in [0.15, 0.2) is 5.78 Å². The maximum Gasteiger partial charge on any atom is 0.172 e. The van der Waals surface area contributed by atoms with Crippen LogP contribution in [0.2, 0.25) is 0 Å². The first-order valence-electron chi connectivity index (χ1n) is 3.42. The average Bonchev–Trinajstić information content (AvgIpc) is 2.07. The summed E-state index contributed by atoms with van der Waals surface area (Å²) in [6.45, 7) is 0. The molecule has 0 saturated carbocycles. The largest absolute Gasteiger partial charge is 0.293 e. The predicted molar refractivity (Wildman–Crippen MR) is 49.2 cm³/mol. The Kier molecular flexibility index (Phi) is 3.17. The third kappa shape index (κ3) is 2.39. The summed E-state index contributed by atoms with van der Waals surface area (Å²) in [6, 6.07) is 9.37. The van der Waals surface area contributed by atoms with E-state index in [9.17, 15) is 4.79 Å². The van der Waals surface area contributed by atoms with Crippen LogP contribution in [0.4, 0.5) is 0 Å². The molecule has 1 nitrogen and oxygen atoms in total. The van der Waals surface area contributed by atoms with Crippen molar-refractivity contribution in [1.82, 2.24) is 0 Å². The highest BCUT2D eigenvalue weighted by atomic mass is 32.2. The zero-order valence-corrected chi connectivity index (χ0v) is 7.23. The Morgan fingerprint density at radius 1 is 1.36 bits per heavy atom. The zero-order valence-electron chi connectivity index (χ0n) is 6.41. The van der Waals surface area contributed by atoms with Gasteiger partial charge < -0.3 is 0 Å². The van der Waals surface area contributed by atoms with E-state index in [1.165, 1.54) is 0 Å². The van der Waals surface area contributed by atoms with Gasteiger partial charge in [-0.3, -0.25) is 4.79 Å². The van der Waals surface area contributed by atoms with Crippen molar-refractivity contribution in [3.63, 3.8) is 0 Å². The van der Waals surface area contributed by atoms with E-state index in [1.807, 2.05) is 36.6 Å². The fourth-order valence-corrected chi connectivity index (χ4v) is 1.27. The third-order valence-electron chi connectivity index (χ3n) is 1.37. The molecule has 0 spiro atoms. The van der Waals surface area contributed by atoms with E-state index in [0.29, 0.717) is 5.75 Å². The number of benzene rings is 1. The first-order valence-corrected chi connectivity index (χ1v) is 4.81. The number of hydrogen-bond acceptors (Lipinski definition) is 2.